The number of carbonyl (C=O) groups is 1. The van der Waals surface area contributed by atoms with Gasteiger partial charge in [-0.1, -0.05) is 31.2 Å². The van der Waals surface area contributed by atoms with Gasteiger partial charge in [0, 0.05) is 32.4 Å². The Kier molecular flexibility index (Phi) is 11.6. The van der Waals surface area contributed by atoms with E-state index in [0.717, 1.165) is 30.8 Å². The van der Waals surface area contributed by atoms with E-state index in [1.165, 1.54) is 17.7 Å². The van der Waals surface area contributed by atoms with E-state index in [0.29, 0.717) is 25.7 Å². The van der Waals surface area contributed by atoms with E-state index in [9.17, 15) is 9.18 Å². The number of nitrogens with zero attached hydrogens (tertiary/aromatic N) is 2. The third-order valence-electron chi connectivity index (χ3n) is 5.46. The number of hydrogen-bond donors (Lipinski definition) is 3. The number of amides is 1. The molecule has 0 spiro atoms. The molecule has 0 aliphatic carbocycles. The van der Waals surface area contributed by atoms with Crippen LogP contribution in [0.2, 0.25) is 0 Å². The summed E-state index contributed by atoms with van der Waals surface area (Å²) in [7, 11) is 1.67. The average molecular weight is 569 g/mol. The van der Waals surface area contributed by atoms with Crippen molar-refractivity contribution in [2.45, 2.75) is 19.4 Å². The van der Waals surface area contributed by atoms with Crippen LogP contribution >= 0.6 is 24.0 Å². The summed E-state index contributed by atoms with van der Waals surface area (Å²) in [6.07, 6.45) is 0.914. The Labute approximate surface area is 212 Å². The summed E-state index contributed by atoms with van der Waals surface area (Å²) in [6, 6.07) is 14.4. The molecule has 7 nitrogen and oxygen atoms in total. The molecule has 0 bridgehead atoms. The first-order valence-electron chi connectivity index (χ1n) is 11.0. The van der Waals surface area contributed by atoms with Crippen LogP contribution in [0.15, 0.2) is 53.5 Å². The minimum absolute atomic E-state index is 0. The lowest BCUT2D eigenvalue weighted by Gasteiger charge is -2.35. The number of nitrogens with one attached hydrogen (secondary N) is 3. The van der Waals surface area contributed by atoms with Gasteiger partial charge in [0.25, 0.3) is 0 Å². The quantitative estimate of drug-likeness (QED) is 0.259. The van der Waals surface area contributed by atoms with Crippen molar-refractivity contribution in [1.82, 2.24) is 15.5 Å². The second-order valence-corrected chi connectivity index (χ2v) is 7.62. The first kappa shape index (κ1) is 27.0. The standard InChI is InChI=1S/C24H32FN5O2.HI/c1-3-18-5-4-6-21(15-18)29-23(31)17-28-24(26-2)27-16-22(30-11-13-32-14-12-30)19-7-9-20(25)10-8-19;/h4-10,15,22H,3,11-14,16-17H2,1-2H3,(H,29,31)(H2,26,27,28);1H. The number of hydrogen-bond acceptors (Lipinski definition) is 4. The second kappa shape index (κ2) is 14.1. The highest BCUT2D eigenvalue weighted by molar-refractivity contribution is 14.0. The summed E-state index contributed by atoms with van der Waals surface area (Å²) in [5, 5.41) is 9.26. The van der Waals surface area contributed by atoms with Crippen molar-refractivity contribution >= 4 is 41.5 Å². The zero-order chi connectivity index (χ0) is 22.8. The van der Waals surface area contributed by atoms with E-state index in [4.69, 9.17) is 4.74 Å². The van der Waals surface area contributed by atoms with E-state index in [2.05, 4.69) is 32.8 Å². The maximum Gasteiger partial charge on any atom is 0.243 e. The van der Waals surface area contributed by atoms with Crippen molar-refractivity contribution in [3.05, 3.63) is 65.5 Å². The van der Waals surface area contributed by atoms with Crippen LogP contribution in [0, 0.1) is 5.82 Å². The molecular weight excluding hydrogens is 536 g/mol. The number of rotatable bonds is 8. The lowest BCUT2D eigenvalue weighted by molar-refractivity contribution is -0.115. The lowest BCUT2D eigenvalue weighted by Crippen LogP contribution is -2.47. The summed E-state index contributed by atoms with van der Waals surface area (Å²) in [5.41, 5.74) is 2.97. The molecule has 1 unspecified atom stereocenters. The minimum Gasteiger partial charge on any atom is -0.379 e. The Morgan fingerprint density at radius 3 is 2.55 bits per heavy atom. The number of morpholine rings is 1. The Bertz CT molecular complexity index is 904. The molecule has 1 aliphatic heterocycles. The molecule has 1 heterocycles. The van der Waals surface area contributed by atoms with Crippen LogP contribution < -0.4 is 16.0 Å². The average Bonchev–Trinajstić information content (AvgIpc) is 2.83. The first-order valence-corrected chi connectivity index (χ1v) is 11.0. The van der Waals surface area contributed by atoms with Crippen molar-refractivity contribution in [3.8, 4) is 0 Å². The molecule has 180 valence electrons. The third-order valence-corrected chi connectivity index (χ3v) is 5.46. The van der Waals surface area contributed by atoms with Crippen molar-refractivity contribution in [2.75, 3.05) is 51.8 Å². The maximum absolute atomic E-state index is 13.4. The molecule has 1 fully saturated rings. The summed E-state index contributed by atoms with van der Waals surface area (Å²) >= 11 is 0. The van der Waals surface area contributed by atoms with Gasteiger partial charge in [-0.2, -0.15) is 0 Å². The zero-order valence-electron chi connectivity index (χ0n) is 19.1. The summed E-state index contributed by atoms with van der Waals surface area (Å²) in [5.74, 6) is 0.127. The lowest BCUT2D eigenvalue weighted by atomic mass is 10.0. The Morgan fingerprint density at radius 2 is 1.88 bits per heavy atom. The Hall–Kier alpha value is -2.24. The van der Waals surface area contributed by atoms with Gasteiger partial charge in [-0.15, -0.1) is 24.0 Å². The molecule has 2 aromatic carbocycles. The first-order chi connectivity index (χ1) is 15.6. The number of ether oxygens (including phenoxy) is 1. The van der Waals surface area contributed by atoms with Crippen LogP contribution in [0.5, 0.6) is 0 Å². The molecule has 0 saturated carbocycles. The third kappa shape index (κ3) is 8.56. The molecular formula is C24H33FIN5O2. The van der Waals surface area contributed by atoms with Crippen molar-refractivity contribution in [2.24, 2.45) is 4.99 Å². The van der Waals surface area contributed by atoms with Crippen LogP contribution in [-0.4, -0.2) is 63.2 Å². The monoisotopic (exact) mass is 569 g/mol. The summed E-state index contributed by atoms with van der Waals surface area (Å²) in [6.45, 7) is 5.67. The molecule has 33 heavy (non-hydrogen) atoms. The molecule has 0 radical (unpaired) electrons. The molecule has 1 atom stereocenters. The molecule has 1 saturated heterocycles. The van der Waals surface area contributed by atoms with Crippen LogP contribution in [0.1, 0.15) is 24.1 Å². The van der Waals surface area contributed by atoms with Gasteiger partial charge in [0.05, 0.1) is 25.8 Å². The van der Waals surface area contributed by atoms with E-state index in [-0.39, 0.29) is 48.3 Å². The van der Waals surface area contributed by atoms with E-state index >= 15 is 0 Å². The molecule has 1 amide bonds. The second-order valence-electron chi connectivity index (χ2n) is 7.62. The van der Waals surface area contributed by atoms with Gasteiger partial charge in [0.2, 0.25) is 5.91 Å². The normalized spacial score (nSPS) is 15.3. The molecule has 3 rings (SSSR count). The predicted molar refractivity (Wildman–Crippen MR) is 141 cm³/mol. The van der Waals surface area contributed by atoms with Crippen LogP contribution in [0.4, 0.5) is 10.1 Å². The number of carbonyl (C=O) groups excluding carboxylic acids is 1. The van der Waals surface area contributed by atoms with Gasteiger partial charge in [0.1, 0.15) is 5.82 Å². The van der Waals surface area contributed by atoms with E-state index in [1.54, 1.807) is 7.05 Å². The molecule has 9 heteroatoms. The minimum atomic E-state index is -0.254. The largest absolute Gasteiger partial charge is 0.379 e. The summed E-state index contributed by atoms with van der Waals surface area (Å²) < 4.78 is 18.9. The topological polar surface area (TPSA) is 78.0 Å². The van der Waals surface area contributed by atoms with Gasteiger partial charge >= 0.3 is 0 Å². The fourth-order valence-corrected chi connectivity index (χ4v) is 3.68. The van der Waals surface area contributed by atoms with Crippen LogP contribution in [-0.2, 0) is 16.0 Å². The fourth-order valence-electron chi connectivity index (χ4n) is 3.68. The van der Waals surface area contributed by atoms with Crippen LogP contribution in [0.3, 0.4) is 0 Å². The maximum atomic E-state index is 13.4. The Balaban J connectivity index is 0.00000385. The van der Waals surface area contributed by atoms with Gasteiger partial charge < -0.3 is 20.7 Å². The number of halogens is 2. The molecule has 1 aliphatic rings. The van der Waals surface area contributed by atoms with Gasteiger partial charge in [-0.3, -0.25) is 14.7 Å². The molecule has 2 aromatic rings. The fraction of sp³-hybridized carbons (Fsp3) is 0.417. The summed E-state index contributed by atoms with van der Waals surface area (Å²) in [4.78, 5) is 18.9. The number of anilines is 1. The number of guanidine groups is 1. The molecule has 3 N–H and O–H groups in total. The highest BCUT2D eigenvalue weighted by Crippen LogP contribution is 2.21. The van der Waals surface area contributed by atoms with Crippen molar-refractivity contribution < 1.29 is 13.9 Å². The number of benzene rings is 2. The predicted octanol–water partition coefficient (Wildman–Crippen LogP) is 3.18. The highest BCUT2D eigenvalue weighted by Gasteiger charge is 2.23. The molecule has 0 aromatic heterocycles. The van der Waals surface area contributed by atoms with E-state index < -0.39 is 0 Å². The Morgan fingerprint density at radius 1 is 1.15 bits per heavy atom. The van der Waals surface area contributed by atoms with Crippen molar-refractivity contribution in [1.29, 1.82) is 0 Å². The SMILES string of the molecule is CCc1cccc(NC(=O)CNC(=NC)NCC(c2ccc(F)cc2)N2CCOCC2)c1.I. The van der Waals surface area contributed by atoms with Crippen molar-refractivity contribution in [3.63, 3.8) is 0 Å². The smallest absolute Gasteiger partial charge is 0.243 e. The zero-order valence-corrected chi connectivity index (χ0v) is 21.5. The van der Waals surface area contributed by atoms with Gasteiger partial charge in [-0.25, -0.2) is 4.39 Å². The number of aryl methyl sites for hydroxylation is 1. The number of aliphatic imine (C=N–C) groups is 1. The highest BCUT2D eigenvalue weighted by atomic mass is 127. The van der Waals surface area contributed by atoms with Gasteiger partial charge in [-0.05, 0) is 41.8 Å². The van der Waals surface area contributed by atoms with E-state index in [1.807, 2.05) is 36.4 Å². The van der Waals surface area contributed by atoms with Gasteiger partial charge in [0.15, 0.2) is 5.96 Å². The van der Waals surface area contributed by atoms with Crippen LogP contribution in [0.25, 0.3) is 0 Å².